The van der Waals surface area contributed by atoms with Crippen molar-refractivity contribution in [3.05, 3.63) is 108 Å². The van der Waals surface area contributed by atoms with E-state index in [1.54, 1.807) is 6.92 Å². The standard InChI is InChI=1S/C32H35NO8/c1-21(30(35)36-18-23-12-6-3-7-13-23)39-29-27(33-22(2)34)32(37-19-24-14-8-4-9-15-24)40-26-20-38-31(41-28(26)29)25-16-10-5-11-17-25/h3-17,21,26-29,31-32H,18-20H2,1-2H3,(H,33,34)/t21?,26-,27-,28-,29-,31-,32+/m1/s1. The van der Waals surface area contributed by atoms with Crippen LogP contribution < -0.4 is 5.32 Å². The van der Waals surface area contributed by atoms with Crippen molar-refractivity contribution in [3.8, 4) is 0 Å². The van der Waals surface area contributed by atoms with Crippen LogP contribution in [0.15, 0.2) is 91.0 Å². The summed E-state index contributed by atoms with van der Waals surface area (Å²) in [6.45, 7) is 3.60. The lowest BCUT2D eigenvalue weighted by molar-refractivity contribution is -0.352. The molecule has 41 heavy (non-hydrogen) atoms. The van der Waals surface area contributed by atoms with Crippen LogP contribution in [-0.2, 0) is 51.2 Å². The molecule has 2 saturated heterocycles. The second-order valence-electron chi connectivity index (χ2n) is 10.1. The normalized spacial score (nSPS) is 26.4. The molecule has 2 heterocycles. The predicted molar refractivity (Wildman–Crippen MR) is 148 cm³/mol. The van der Waals surface area contributed by atoms with Crippen LogP contribution in [0, 0.1) is 0 Å². The van der Waals surface area contributed by atoms with Crippen LogP contribution in [0.2, 0.25) is 0 Å². The number of fused-ring (bicyclic) bond motifs is 1. The summed E-state index contributed by atoms with van der Waals surface area (Å²) in [4.78, 5) is 25.4. The van der Waals surface area contributed by atoms with Gasteiger partial charge >= 0.3 is 5.97 Å². The van der Waals surface area contributed by atoms with Gasteiger partial charge < -0.3 is 33.7 Å². The molecule has 3 aromatic rings. The minimum Gasteiger partial charge on any atom is -0.459 e. The fourth-order valence-electron chi connectivity index (χ4n) is 4.93. The van der Waals surface area contributed by atoms with Gasteiger partial charge in [0.1, 0.15) is 31.0 Å². The Morgan fingerprint density at radius 1 is 0.878 bits per heavy atom. The average Bonchev–Trinajstić information content (AvgIpc) is 3.01. The van der Waals surface area contributed by atoms with E-state index in [2.05, 4.69) is 5.32 Å². The highest BCUT2D eigenvalue weighted by molar-refractivity contribution is 5.74. The van der Waals surface area contributed by atoms with Crippen LogP contribution in [0.5, 0.6) is 0 Å². The number of rotatable bonds is 10. The van der Waals surface area contributed by atoms with E-state index in [4.69, 9.17) is 28.4 Å². The second-order valence-corrected chi connectivity index (χ2v) is 10.1. The van der Waals surface area contributed by atoms with E-state index in [0.717, 1.165) is 16.7 Å². The molecular weight excluding hydrogens is 526 g/mol. The Bertz CT molecular complexity index is 1260. The second kappa shape index (κ2) is 13.8. The Morgan fingerprint density at radius 2 is 1.49 bits per heavy atom. The van der Waals surface area contributed by atoms with Crippen LogP contribution >= 0.6 is 0 Å². The molecule has 0 aromatic heterocycles. The third-order valence-electron chi connectivity index (χ3n) is 6.95. The Kier molecular flexibility index (Phi) is 9.76. The number of benzene rings is 3. The van der Waals surface area contributed by atoms with Crippen LogP contribution in [0.1, 0.15) is 36.8 Å². The summed E-state index contributed by atoms with van der Waals surface area (Å²) in [5, 5.41) is 2.92. The van der Waals surface area contributed by atoms with Crippen molar-refractivity contribution in [2.24, 2.45) is 0 Å². The highest BCUT2D eigenvalue weighted by Crippen LogP contribution is 2.36. The van der Waals surface area contributed by atoms with Gasteiger partial charge in [-0.05, 0) is 18.1 Å². The van der Waals surface area contributed by atoms with Crippen molar-refractivity contribution in [2.75, 3.05) is 6.61 Å². The van der Waals surface area contributed by atoms with Gasteiger partial charge in [0.05, 0.1) is 13.2 Å². The average molecular weight is 562 g/mol. The fraction of sp³-hybridized carbons (Fsp3) is 0.375. The Hall–Kier alpha value is -3.60. The van der Waals surface area contributed by atoms with Crippen molar-refractivity contribution in [3.63, 3.8) is 0 Å². The molecule has 0 radical (unpaired) electrons. The quantitative estimate of drug-likeness (QED) is 0.370. The minimum atomic E-state index is -0.963. The molecule has 7 atom stereocenters. The molecule has 5 rings (SSSR count). The number of hydrogen-bond acceptors (Lipinski definition) is 8. The molecule has 1 amide bonds. The summed E-state index contributed by atoms with van der Waals surface area (Å²) in [6, 6.07) is 27.8. The summed E-state index contributed by atoms with van der Waals surface area (Å²) < 4.78 is 36.8. The lowest BCUT2D eigenvalue weighted by Crippen LogP contribution is -2.68. The number of esters is 1. The smallest absolute Gasteiger partial charge is 0.335 e. The van der Waals surface area contributed by atoms with E-state index in [9.17, 15) is 9.59 Å². The van der Waals surface area contributed by atoms with Crippen molar-refractivity contribution in [2.45, 2.75) is 70.1 Å². The van der Waals surface area contributed by atoms with Crippen LogP contribution in [0.3, 0.4) is 0 Å². The molecule has 9 heteroatoms. The molecule has 0 aliphatic carbocycles. The van der Waals surface area contributed by atoms with E-state index in [1.165, 1.54) is 6.92 Å². The zero-order valence-corrected chi connectivity index (χ0v) is 23.1. The number of ether oxygens (including phenoxy) is 6. The molecule has 0 bridgehead atoms. The Labute approximate surface area is 239 Å². The highest BCUT2D eigenvalue weighted by atomic mass is 16.8. The third-order valence-corrected chi connectivity index (χ3v) is 6.95. The molecule has 2 aliphatic rings. The van der Waals surface area contributed by atoms with Gasteiger partial charge in [-0.3, -0.25) is 4.79 Å². The van der Waals surface area contributed by atoms with Gasteiger partial charge in [-0.1, -0.05) is 91.0 Å². The van der Waals surface area contributed by atoms with Gasteiger partial charge in [-0.25, -0.2) is 4.79 Å². The maximum absolute atomic E-state index is 13.0. The van der Waals surface area contributed by atoms with Gasteiger partial charge in [0.15, 0.2) is 18.7 Å². The molecular formula is C32H35NO8. The Balaban J connectivity index is 1.36. The predicted octanol–water partition coefficient (Wildman–Crippen LogP) is 4.06. The topological polar surface area (TPSA) is 102 Å². The van der Waals surface area contributed by atoms with Gasteiger partial charge in [0, 0.05) is 12.5 Å². The summed E-state index contributed by atoms with van der Waals surface area (Å²) in [6.07, 6.45) is -4.58. The lowest BCUT2D eigenvalue weighted by atomic mass is 9.95. The number of carbonyl (C=O) groups excluding carboxylic acids is 2. The largest absolute Gasteiger partial charge is 0.459 e. The van der Waals surface area contributed by atoms with E-state index in [-0.39, 0.29) is 25.7 Å². The van der Waals surface area contributed by atoms with Gasteiger partial charge in [0.25, 0.3) is 0 Å². The molecule has 1 N–H and O–H groups in total. The van der Waals surface area contributed by atoms with Gasteiger partial charge in [0.2, 0.25) is 5.91 Å². The van der Waals surface area contributed by atoms with Crippen molar-refractivity contribution < 1.29 is 38.0 Å². The fourth-order valence-corrected chi connectivity index (χ4v) is 4.93. The molecule has 1 unspecified atom stereocenters. The van der Waals surface area contributed by atoms with Crippen LogP contribution in [0.25, 0.3) is 0 Å². The van der Waals surface area contributed by atoms with E-state index >= 15 is 0 Å². The molecule has 0 saturated carbocycles. The van der Waals surface area contributed by atoms with E-state index < -0.39 is 49.0 Å². The molecule has 2 fully saturated rings. The molecule has 0 spiro atoms. The first-order chi connectivity index (χ1) is 20.0. The van der Waals surface area contributed by atoms with Crippen LogP contribution in [-0.4, -0.2) is 55.2 Å². The summed E-state index contributed by atoms with van der Waals surface area (Å²) in [5.41, 5.74) is 2.64. The molecule has 9 nitrogen and oxygen atoms in total. The number of amides is 1. The van der Waals surface area contributed by atoms with Crippen molar-refractivity contribution in [1.82, 2.24) is 5.32 Å². The summed E-state index contributed by atoms with van der Waals surface area (Å²) >= 11 is 0. The van der Waals surface area contributed by atoms with E-state index in [1.807, 2.05) is 91.0 Å². The van der Waals surface area contributed by atoms with Gasteiger partial charge in [-0.2, -0.15) is 0 Å². The lowest BCUT2D eigenvalue weighted by Gasteiger charge is -2.49. The highest BCUT2D eigenvalue weighted by Gasteiger charge is 2.52. The summed E-state index contributed by atoms with van der Waals surface area (Å²) in [5.74, 6) is -0.836. The first-order valence-electron chi connectivity index (χ1n) is 13.7. The molecule has 216 valence electrons. The zero-order valence-electron chi connectivity index (χ0n) is 23.1. The number of nitrogens with one attached hydrogen (secondary N) is 1. The first-order valence-corrected chi connectivity index (χ1v) is 13.7. The minimum absolute atomic E-state index is 0.117. The first kappa shape index (κ1) is 28.9. The SMILES string of the molecule is CC(=O)N[C@H]1[C@@H](OCc2ccccc2)O[C@@H]2CO[C@@H](c3ccccc3)O[C@H]2[C@@H]1OC(C)C(=O)OCc1ccccc1. The summed E-state index contributed by atoms with van der Waals surface area (Å²) in [7, 11) is 0. The zero-order chi connectivity index (χ0) is 28.6. The van der Waals surface area contributed by atoms with Crippen LogP contribution in [0.4, 0.5) is 0 Å². The number of hydrogen-bond donors (Lipinski definition) is 1. The monoisotopic (exact) mass is 561 g/mol. The van der Waals surface area contributed by atoms with E-state index in [0.29, 0.717) is 0 Å². The van der Waals surface area contributed by atoms with Crippen molar-refractivity contribution >= 4 is 11.9 Å². The third kappa shape index (κ3) is 7.58. The maximum Gasteiger partial charge on any atom is 0.335 e. The molecule has 2 aliphatic heterocycles. The molecule has 3 aromatic carbocycles. The van der Waals surface area contributed by atoms with Gasteiger partial charge in [-0.15, -0.1) is 0 Å². The Morgan fingerprint density at radius 3 is 2.12 bits per heavy atom. The van der Waals surface area contributed by atoms with Crippen molar-refractivity contribution in [1.29, 1.82) is 0 Å². The maximum atomic E-state index is 13.0. The number of carbonyl (C=O) groups is 2.